The van der Waals surface area contributed by atoms with Crippen LogP contribution in [0.4, 0.5) is 4.79 Å². The average Bonchev–Trinajstić information content (AvgIpc) is 2.62. The first-order valence-corrected chi connectivity index (χ1v) is 10.5. The van der Waals surface area contributed by atoms with Gasteiger partial charge in [0.1, 0.15) is 23.4 Å². The Kier molecular flexibility index (Phi) is 9.48. The molecule has 0 aliphatic carbocycles. The maximum absolute atomic E-state index is 13.3. The number of carbonyl (C=O) groups excluding carboxylic acids is 3. The van der Waals surface area contributed by atoms with Gasteiger partial charge in [0.05, 0.1) is 0 Å². The number of hydrogen-bond donors (Lipinski definition) is 4. The molecule has 0 heterocycles. The van der Waals surface area contributed by atoms with Gasteiger partial charge in [-0.05, 0) is 47.6 Å². The number of rotatable bonds is 8. The van der Waals surface area contributed by atoms with Crippen molar-refractivity contribution in [3.8, 4) is 5.75 Å². The van der Waals surface area contributed by atoms with Crippen LogP contribution in [0.3, 0.4) is 0 Å². The van der Waals surface area contributed by atoms with Gasteiger partial charge in [-0.15, -0.1) is 0 Å². The summed E-state index contributed by atoms with van der Waals surface area (Å²) in [6.45, 7) is 10.6. The number of hydrogen-bond acceptors (Lipinski definition) is 6. The number of phenols is 1. The van der Waals surface area contributed by atoms with Gasteiger partial charge >= 0.3 is 6.09 Å². The molecule has 2 unspecified atom stereocenters. The Labute approximate surface area is 183 Å². The van der Waals surface area contributed by atoms with Crippen LogP contribution in [-0.2, 0) is 14.3 Å². The monoisotopic (exact) mass is 439 g/mol. The fourth-order valence-corrected chi connectivity index (χ4v) is 3.08. The normalized spacial score (nSPS) is 13.3. The second kappa shape index (κ2) is 11.1. The molecule has 3 amide bonds. The number of likely N-dealkylation sites (N-methyl/N-ethyl adjacent to an activating group) is 1. The fourth-order valence-electron chi connectivity index (χ4n) is 2.83. The highest BCUT2D eigenvalue weighted by Crippen LogP contribution is 2.29. The molecule has 0 aliphatic heterocycles. The Morgan fingerprint density at radius 3 is 2.23 bits per heavy atom. The Bertz CT molecular complexity index is 748. The zero-order valence-electron chi connectivity index (χ0n) is 18.4. The van der Waals surface area contributed by atoms with Crippen LogP contribution < -0.4 is 10.6 Å². The van der Waals surface area contributed by atoms with E-state index >= 15 is 0 Å². The molecule has 0 aliphatic rings. The predicted molar refractivity (Wildman–Crippen MR) is 119 cm³/mol. The minimum absolute atomic E-state index is 0.00781. The van der Waals surface area contributed by atoms with Crippen LogP contribution in [0.15, 0.2) is 24.3 Å². The number of alkyl carbamates (subject to hydrolysis) is 1. The number of para-hydroxylation sites is 1. The molecule has 3 N–H and O–H groups in total. The van der Waals surface area contributed by atoms with Crippen LogP contribution in [0.2, 0.25) is 0 Å². The van der Waals surface area contributed by atoms with E-state index in [0.29, 0.717) is 5.56 Å². The molecular weight excluding hydrogens is 406 g/mol. The highest BCUT2D eigenvalue weighted by Gasteiger charge is 2.36. The van der Waals surface area contributed by atoms with Crippen LogP contribution >= 0.6 is 12.6 Å². The summed E-state index contributed by atoms with van der Waals surface area (Å²) in [4.78, 5) is 39.7. The summed E-state index contributed by atoms with van der Waals surface area (Å²) in [7, 11) is 0. The number of nitrogens with one attached hydrogen (secondary N) is 2. The minimum Gasteiger partial charge on any atom is -0.508 e. The van der Waals surface area contributed by atoms with E-state index in [1.165, 1.54) is 11.0 Å². The number of ether oxygens (including phenoxy) is 1. The van der Waals surface area contributed by atoms with Gasteiger partial charge in [-0.3, -0.25) is 9.59 Å². The maximum Gasteiger partial charge on any atom is 0.408 e. The van der Waals surface area contributed by atoms with Crippen LogP contribution in [0.25, 0.3) is 0 Å². The maximum atomic E-state index is 13.3. The van der Waals surface area contributed by atoms with Gasteiger partial charge < -0.3 is 25.4 Å². The SMILES string of the molecule is CCN(C(=O)C(CS)NC(=O)OC(C)(C)C)C(C(=O)NC(C)C)c1ccccc1O. The van der Waals surface area contributed by atoms with Gasteiger partial charge in [-0.2, -0.15) is 12.6 Å². The van der Waals surface area contributed by atoms with Crippen LogP contribution in [0.1, 0.15) is 53.1 Å². The highest BCUT2D eigenvalue weighted by atomic mass is 32.1. The third-order valence-corrected chi connectivity index (χ3v) is 4.38. The van der Waals surface area contributed by atoms with Crippen molar-refractivity contribution in [3.05, 3.63) is 29.8 Å². The first-order chi connectivity index (χ1) is 13.9. The second-order valence-electron chi connectivity index (χ2n) is 8.13. The van der Waals surface area contributed by atoms with E-state index in [0.717, 1.165) is 0 Å². The molecule has 9 heteroatoms. The van der Waals surface area contributed by atoms with E-state index < -0.39 is 35.6 Å². The molecule has 0 spiro atoms. The Morgan fingerprint density at radius 2 is 1.77 bits per heavy atom. The van der Waals surface area contributed by atoms with Gasteiger partial charge in [0.25, 0.3) is 0 Å². The lowest BCUT2D eigenvalue weighted by atomic mass is 10.0. The van der Waals surface area contributed by atoms with Gasteiger partial charge in [0.2, 0.25) is 11.8 Å². The average molecular weight is 440 g/mol. The minimum atomic E-state index is -1.08. The largest absolute Gasteiger partial charge is 0.508 e. The number of benzene rings is 1. The van der Waals surface area contributed by atoms with Crippen molar-refractivity contribution >= 4 is 30.5 Å². The van der Waals surface area contributed by atoms with E-state index in [2.05, 4.69) is 23.3 Å². The summed E-state index contributed by atoms with van der Waals surface area (Å²) in [5.41, 5.74) is -0.435. The zero-order chi connectivity index (χ0) is 23.1. The molecular formula is C21H33N3O5S. The van der Waals surface area contributed by atoms with Gasteiger partial charge in [-0.1, -0.05) is 18.2 Å². The Balaban J connectivity index is 3.25. The summed E-state index contributed by atoms with van der Waals surface area (Å²) >= 11 is 4.19. The predicted octanol–water partition coefficient (Wildman–Crippen LogP) is 2.63. The van der Waals surface area contributed by atoms with Crippen molar-refractivity contribution in [2.24, 2.45) is 0 Å². The molecule has 0 saturated carbocycles. The van der Waals surface area contributed by atoms with Gasteiger partial charge in [0, 0.05) is 23.9 Å². The molecule has 1 aromatic rings. The van der Waals surface area contributed by atoms with E-state index in [4.69, 9.17) is 4.74 Å². The number of aromatic hydroxyl groups is 1. The lowest BCUT2D eigenvalue weighted by Crippen LogP contribution is -2.54. The lowest BCUT2D eigenvalue weighted by Gasteiger charge is -2.34. The summed E-state index contributed by atoms with van der Waals surface area (Å²) in [6, 6.07) is 4.11. The standard InChI is InChI=1S/C21H33N3O5S/c1-7-24(19(27)15(12-30)23-20(28)29-21(4,5)6)17(18(26)22-13(2)3)14-10-8-9-11-16(14)25/h8-11,13,15,17,25,30H,7,12H2,1-6H3,(H,22,26)(H,23,28). The molecule has 0 bridgehead atoms. The summed E-state index contributed by atoms with van der Waals surface area (Å²) in [5, 5.41) is 15.6. The molecule has 8 nitrogen and oxygen atoms in total. The molecule has 1 aromatic carbocycles. The molecule has 0 radical (unpaired) electrons. The van der Waals surface area contributed by atoms with E-state index in [-0.39, 0.29) is 24.1 Å². The first-order valence-electron chi connectivity index (χ1n) is 9.90. The van der Waals surface area contributed by atoms with Gasteiger partial charge in [-0.25, -0.2) is 4.79 Å². The van der Waals surface area contributed by atoms with Crippen LogP contribution in [-0.4, -0.2) is 57.9 Å². The molecule has 0 fully saturated rings. The zero-order valence-corrected chi connectivity index (χ0v) is 19.3. The van der Waals surface area contributed by atoms with Gasteiger partial charge in [0.15, 0.2) is 0 Å². The van der Waals surface area contributed by atoms with Crippen molar-refractivity contribution < 1.29 is 24.2 Å². The summed E-state index contributed by atoms with van der Waals surface area (Å²) in [5.74, 6) is -1.04. The number of phenolic OH excluding ortho intramolecular Hbond substituents is 1. The number of nitrogens with zero attached hydrogens (tertiary/aromatic N) is 1. The second-order valence-corrected chi connectivity index (χ2v) is 8.50. The molecule has 168 valence electrons. The summed E-state index contributed by atoms with van der Waals surface area (Å²) < 4.78 is 5.22. The highest BCUT2D eigenvalue weighted by molar-refractivity contribution is 7.80. The third-order valence-electron chi connectivity index (χ3n) is 4.02. The number of amides is 3. The summed E-state index contributed by atoms with van der Waals surface area (Å²) in [6.07, 6.45) is -0.753. The number of carbonyl (C=O) groups is 3. The smallest absolute Gasteiger partial charge is 0.408 e. The third kappa shape index (κ3) is 7.44. The van der Waals surface area contributed by atoms with Crippen molar-refractivity contribution in [1.82, 2.24) is 15.5 Å². The van der Waals surface area contributed by atoms with E-state index in [1.807, 2.05) is 0 Å². The van der Waals surface area contributed by atoms with E-state index in [9.17, 15) is 19.5 Å². The molecule has 0 aromatic heterocycles. The molecule has 30 heavy (non-hydrogen) atoms. The van der Waals surface area contributed by atoms with E-state index in [1.54, 1.807) is 59.7 Å². The van der Waals surface area contributed by atoms with Crippen molar-refractivity contribution in [2.45, 2.75) is 65.3 Å². The number of thiol groups is 1. The Morgan fingerprint density at radius 1 is 1.17 bits per heavy atom. The van der Waals surface area contributed by atoms with Crippen LogP contribution in [0.5, 0.6) is 5.75 Å². The lowest BCUT2D eigenvalue weighted by molar-refractivity contribution is -0.142. The van der Waals surface area contributed by atoms with Crippen molar-refractivity contribution in [2.75, 3.05) is 12.3 Å². The molecule has 2 atom stereocenters. The van der Waals surface area contributed by atoms with Crippen LogP contribution in [0, 0.1) is 0 Å². The Hall–Kier alpha value is -2.42. The first kappa shape index (κ1) is 25.6. The molecule has 0 saturated heterocycles. The van der Waals surface area contributed by atoms with Crippen molar-refractivity contribution in [3.63, 3.8) is 0 Å². The molecule has 1 rings (SSSR count). The topological polar surface area (TPSA) is 108 Å². The quantitative estimate of drug-likeness (QED) is 0.466. The fraction of sp³-hybridized carbons (Fsp3) is 0.571. The van der Waals surface area contributed by atoms with Crippen molar-refractivity contribution in [1.29, 1.82) is 0 Å².